The quantitative estimate of drug-likeness (QED) is 0.707. The van der Waals surface area contributed by atoms with Crippen LogP contribution in [-0.4, -0.2) is 57.0 Å². The molecule has 2 aromatic rings. The molecule has 0 spiro atoms. The maximum atomic E-state index is 13.7. The molecule has 1 aliphatic rings. The van der Waals surface area contributed by atoms with Crippen LogP contribution in [0.4, 0.5) is 10.1 Å². The third kappa shape index (κ3) is 5.10. The molecule has 28 heavy (non-hydrogen) atoms. The first-order valence-electron chi connectivity index (χ1n) is 9.17. The van der Waals surface area contributed by atoms with Crippen molar-refractivity contribution >= 4 is 23.4 Å². The summed E-state index contributed by atoms with van der Waals surface area (Å²) in [5, 5.41) is 0. The molecular formula is C21H25FN2O3S. The molecule has 0 bridgehead atoms. The smallest absolute Gasteiger partial charge is 0.232 e. The van der Waals surface area contributed by atoms with Crippen molar-refractivity contribution in [3.05, 3.63) is 53.8 Å². The maximum absolute atomic E-state index is 13.7. The highest BCUT2D eigenvalue weighted by Gasteiger charge is 2.21. The Morgan fingerprint density at radius 2 is 1.75 bits per heavy atom. The van der Waals surface area contributed by atoms with Crippen LogP contribution in [0.2, 0.25) is 0 Å². The molecule has 0 aromatic heterocycles. The molecule has 2 aromatic carbocycles. The fourth-order valence-corrected chi connectivity index (χ4v) is 4.03. The first-order valence-corrected chi connectivity index (χ1v) is 10.3. The number of halogens is 1. The van der Waals surface area contributed by atoms with Gasteiger partial charge in [-0.2, -0.15) is 0 Å². The largest absolute Gasteiger partial charge is 0.497 e. The van der Waals surface area contributed by atoms with Crippen LogP contribution in [0, 0.1) is 5.82 Å². The molecule has 1 saturated heterocycles. The third-order valence-corrected chi connectivity index (χ3v) is 5.77. The van der Waals surface area contributed by atoms with E-state index in [9.17, 15) is 9.18 Å². The SMILES string of the molecule is COc1ccc(N2CCN(C(=O)CSCc3ccc(OC)c(F)c3)CC2)cc1. The average Bonchev–Trinajstić information content (AvgIpc) is 2.74. The van der Waals surface area contributed by atoms with Crippen molar-refractivity contribution in [2.24, 2.45) is 0 Å². The first kappa shape index (κ1) is 20.3. The predicted octanol–water partition coefficient (Wildman–Crippen LogP) is 3.42. The van der Waals surface area contributed by atoms with Gasteiger partial charge in [0, 0.05) is 37.6 Å². The van der Waals surface area contributed by atoms with Crippen molar-refractivity contribution in [2.45, 2.75) is 5.75 Å². The van der Waals surface area contributed by atoms with E-state index in [1.54, 1.807) is 13.2 Å². The Hall–Kier alpha value is -2.41. The molecule has 0 aliphatic carbocycles. The van der Waals surface area contributed by atoms with Crippen LogP contribution in [0.3, 0.4) is 0 Å². The minimum Gasteiger partial charge on any atom is -0.497 e. The summed E-state index contributed by atoms with van der Waals surface area (Å²) in [7, 11) is 3.10. The molecule has 0 atom stereocenters. The zero-order valence-corrected chi connectivity index (χ0v) is 17.0. The molecule has 150 valence electrons. The average molecular weight is 405 g/mol. The minimum atomic E-state index is -0.374. The Labute approximate surface area is 169 Å². The van der Waals surface area contributed by atoms with E-state index in [0.717, 1.165) is 30.1 Å². The van der Waals surface area contributed by atoms with E-state index < -0.39 is 0 Å². The molecule has 1 aliphatic heterocycles. The highest BCUT2D eigenvalue weighted by molar-refractivity contribution is 7.99. The number of piperazine rings is 1. The summed E-state index contributed by atoms with van der Waals surface area (Å²) in [6.07, 6.45) is 0. The Balaban J connectivity index is 1.43. The van der Waals surface area contributed by atoms with Gasteiger partial charge in [0.05, 0.1) is 20.0 Å². The molecule has 7 heteroatoms. The third-order valence-electron chi connectivity index (χ3n) is 4.78. The van der Waals surface area contributed by atoms with E-state index in [2.05, 4.69) is 4.90 Å². The van der Waals surface area contributed by atoms with Crippen LogP contribution in [0.1, 0.15) is 5.56 Å². The number of hydrogen-bond donors (Lipinski definition) is 0. The second-order valence-corrected chi connectivity index (χ2v) is 7.51. The summed E-state index contributed by atoms with van der Waals surface area (Å²) < 4.78 is 23.8. The molecular weight excluding hydrogens is 379 g/mol. The topological polar surface area (TPSA) is 42.0 Å². The number of methoxy groups -OCH3 is 2. The Bertz CT molecular complexity index is 793. The molecule has 1 fully saturated rings. The lowest BCUT2D eigenvalue weighted by molar-refractivity contribution is -0.128. The Kier molecular flexibility index (Phi) is 7.03. The number of anilines is 1. The Morgan fingerprint density at radius 3 is 2.36 bits per heavy atom. The summed E-state index contributed by atoms with van der Waals surface area (Å²) in [5.74, 6) is 1.83. The van der Waals surface area contributed by atoms with Gasteiger partial charge >= 0.3 is 0 Å². The van der Waals surface area contributed by atoms with Crippen molar-refractivity contribution in [3.8, 4) is 11.5 Å². The Morgan fingerprint density at radius 1 is 1.04 bits per heavy atom. The number of ether oxygens (including phenoxy) is 2. The molecule has 5 nitrogen and oxygen atoms in total. The van der Waals surface area contributed by atoms with Crippen LogP contribution in [0.25, 0.3) is 0 Å². The van der Waals surface area contributed by atoms with Crippen LogP contribution in [0.5, 0.6) is 11.5 Å². The maximum Gasteiger partial charge on any atom is 0.232 e. The van der Waals surface area contributed by atoms with E-state index in [1.807, 2.05) is 35.2 Å². The summed E-state index contributed by atoms with van der Waals surface area (Å²) >= 11 is 1.51. The second kappa shape index (κ2) is 9.68. The molecule has 1 amide bonds. The highest BCUT2D eigenvalue weighted by atomic mass is 32.2. The summed E-state index contributed by atoms with van der Waals surface area (Å²) in [6.45, 7) is 3.05. The van der Waals surface area contributed by atoms with Gasteiger partial charge in [0.15, 0.2) is 11.6 Å². The van der Waals surface area contributed by atoms with Gasteiger partial charge in [0.25, 0.3) is 0 Å². The summed E-state index contributed by atoms with van der Waals surface area (Å²) in [4.78, 5) is 16.6. The monoisotopic (exact) mass is 404 g/mol. The standard InChI is InChI=1S/C21H25FN2O3S/c1-26-18-6-4-17(5-7-18)23-9-11-24(12-10-23)21(25)15-28-14-16-3-8-20(27-2)19(22)13-16/h3-8,13H,9-12,14-15H2,1-2H3. The number of nitrogens with zero attached hydrogens (tertiary/aromatic N) is 2. The van der Waals surface area contributed by atoms with Gasteiger partial charge in [-0.1, -0.05) is 6.07 Å². The van der Waals surface area contributed by atoms with Crippen LogP contribution in [-0.2, 0) is 10.5 Å². The lowest BCUT2D eigenvalue weighted by Gasteiger charge is -2.36. The van der Waals surface area contributed by atoms with Gasteiger partial charge in [-0.05, 0) is 42.0 Å². The van der Waals surface area contributed by atoms with Crippen LogP contribution < -0.4 is 14.4 Å². The highest BCUT2D eigenvalue weighted by Crippen LogP contribution is 2.22. The van der Waals surface area contributed by atoms with Gasteiger partial charge in [0.2, 0.25) is 5.91 Å². The summed E-state index contributed by atoms with van der Waals surface area (Å²) in [6, 6.07) is 12.9. The van der Waals surface area contributed by atoms with Crippen molar-refractivity contribution in [1.29, 1.82) is 0 Å². The van der Waals surface area contributed by atoms with Crippen molar-refractivity contribution < 1.29 is 18.7 Å². The van der Waals surface area contributed by atoms with Crippen molar-refractivity contribution in [3.63, 3.8) is 0 Å². The van der Waals surface area contributed by atoms with E-state index in [-0.39, 0.29) is 17.5 Å². The number of benzene rings is 2. The van der Waals surface area contributed by atoms with Gasteiger partial charge in [-0.25, -0.2) is 4.39 Å². The van der Waals surface area contributed by atoms with Crippen molar-refractivity contribution in [2.75, 3.05) is 51.1 Å². The zero-order valence-electron chi connectivity index (χ0n) is 16.2. The molecule has 0 unspecified atom stereocenters. The molecule has 0 radical (unpaired) electrons. The van der Waals surface area contributed by atoms with Gasteiger partial charge in [-0.3, -0.25) is 4.79 Å². The van der Waals surface area contributed by atoms with E-state index in [4.69, 9.17) is 9.47 Å². The number of hydrogen-bond acceptors (Lipinski definition) is 5. The van der Waals surface area contributed by atoms with E-state index in [1.165, 1.54) is 24.9 Å². The molecule has 3 rings (SSSR count). The van der Waals surface area contributed by atoms with E-state index >= 15 is 0 Å². The first-order chi connectivity index (χ1) is 13.6. The van der Waals surface area contributed by atoms with Gasteiger partial charge in [-0.15, -0.1) is 11.8 Å². The second-order valence-electron chi connectivity index (χ2n) is 6.53. The number of thioether (sulfide) groups is 1. The summed E-state index contributed by atoms with van der Waals surface area (Å²) in [5.41, 5.74) is 1.99. The lowest BCUT2D eigenvalue weighted by Crippen LogP contribution is -2.49. The van der Waals surface area contributed by atoms with Gasteiger partial charge < -0.3 is 19.3 Å². The van der Waals surface area contributed by atoms with E-state index in [0.29, 0.717) is 24.6 Å². The lowest BCUT2D eigenvalue weighted by atomic mass is 10.2. The predicted molar refractivity (Wildman–Crippen MR) is 111 cm³/mol. The molecule has 0 N–H and O–H groups in total. The molecule has 0 saturated carbocycles. The zero-order chi connectivity index (χ0) is 19.9. The number of carbonyl (C=O) groups is 1. The number of carbonyl (C=O) groups excluding carboxylic acids is 1. The fourth-order valence-electron chi connectivity index (χ4n) is 3.15. The van der Waals surface area contributed by atoms with Crippen LogP contribution >= 0.6 is 11.8 Å². The number of rotatable bonds is 7. The van der Waals surface area contributed by atoms with Crippen molar-refractivity contribution in [1.82, 2.24) is 4.90 Å². The van der Waals surface area contributed by atoms with Crippen LogP contribution in [0.15, 0.2) is 42.5 Å². The minimum absolute atomic E-state index is 0.133. The molecule has 1 heterocycles. The number of amides is 1. The fraction of sp³-hybridized carbons (Fsp3) is 0.381. The van der Waals surface area contributed by atoms with Gasteiger partial charge in [0.1, 0.15) is 5.75 Å². The normalized spacial score (nSPS) is 14.1.